The standard InChI is InChI=1S/C21H28O/c1-4-6-7-12-17-13-8-9-14-18(17)21(3,5-2)19-15-10-11-16-20(19)22/h8-11,13-16,22H,4-7,12H2,1-3H3. The molecule has 118 valence electrons. The van der Waals surface area contributed by atoms with Gasteiger partial charge in [0, 0.05) is 11.0 Å². The van der Waals surface area contributed by atoms with Crippen LogP contribution in [0.4, 0.5) is 0 Å². The van der Waals surface area contributed by atoms with E-state index in [0.717, 1.165) is 18.4 Å². The molecule has 1 unspecified atom stereocenters. The van der Waals surface area contributed by atoms with Gasteiger partial charge >= 0.3 is 0 Å². The zero-order chi connectivity index (χ0) is 16.0. The second-order valence-electron chi connectivity index (χ2n) is 6.32. The fourth-order valence-corrected chi connectivity index (χ4v) is 3.31. The molecule has 0 amide bonds. The molecular formula is C21H28O. The number of benzene rings is 2. The largest absolute Gasteiger partial charge is 0.508 e. The average molecular weight is 296 g/mol. The Morgan fingerprint density at radius 1 is 0.864 bits per heavy atom. The second kappa shape index (κ2) is 7.49. The van der Waals surface area contributed by atoms with Crippen molar-refractivity contribution >= 4 is 0 Å². The van der Waals surface area contributed by atoms with E-state index in [4.69, 9.17) is 0 Å². The van der Waals surface area contributed by atoms with Gasteiger partial charge in [0.05, 0.1) is 0 Å². The van der Waals surface area contributed by atoms with Crippen molar-refractivity contribution in [2.24, 2.45) is 0 Å². The fraction of sp³-hybridized carbons (Fsp3) is 0.429. The number of hydrogen-bond acceptors (Lipinski definition) is 1. The first-order valence-corrected chi connectivity index (χ1v) is 8.50. The van der Waals surface area contributed by atoms with Crippen LogP contribution in [-0.4, -0.2) is 5.11 Å². The van der Waals surface area contributed by atoms with Crippen LogP contribution < -0.4 is 0 Å². The van der Waals surface area contributed by atoms with Gasteiger partial charge in [-0.3, -0.25) is 0 Å². The molecule has 0 saturated heterocycles. The Morgan fingerprint density at radius 2 is 1.50 bits per heavy atom. The van der Waals surface area contributed by atoms with Gasteiger partial charge in [-0.25, -0.2) is 0 Å². The molecule has 2 aromatic carbocycles. The molecule has 1 N–H and O–H groups in total. The monoisotopic (exact) mass is 296 g/mol. The van der Waals surface area contributed by atoms with E-state index in [-0.39, 0.29) is 5.41 Å². The summed E-state index contributed by atoms with van der Waals surface area (Å²) < 4.78 is 0. The van der Waals surface area contributed by atoms with Crippen molar-refractivity contribution in [1.82, 2.24) is 0 Å². The van der Waals surface area contributed by atoms with Crippen molar-refractivity contribution in [3.63, 3.8) is 0 Å². The van der Waals surface area contributed by atoms with Crippen LogP contribution in [0.25, 0.3) is 0 Å². The lowest BCUT2D eigenvalue weighted by molar-refractivity contribution is 0.440. The Balaban J connectivity index is 2.45. The van der Waals surface area contributed by atoms with E-state index in [1.165, 1.54) is 30.4 Å². The molecule has 2 aromatic rings. The number of hydrogen-bond donors (Lipinski definition) is 1. The van der Waals surface area contributed by atoms with E-state index in [0.29, 0.717) is 5.75 Å². The number of unbranched alkanes of at least 4 members (excludes halogenated alkanes) is 2. The van der Waals surface area contributed by atoms with Crippen LogP contribution in [0.3, 0.4) is 0 Å². The van der Waals surface area contributed by atoms with Gasteiger partial charge in [0.25, 0.3) is 0 Å². The third kappa shape index (κ3) is 3.35. The molecule has 1 nitrogen and oxygen atoms in total. The first-order chi connectivity index (χ1) is 10.6. The Labute approximate surface area is 135 Å². The molecule has 0 aliphatic rings. The van der Waals surface area contributed by atoms with Crippen LogP contribution in [-0.2, 0) is 11.8 Å². The Hall–Kier alpha value is -1.76. The maximum atomic E-state index is 10.3. The van der Waals surface area contributed by atoms with E-state index in [1.807, 2.05) is 12.1 Å². The van der Waals surface area contributed by atoms with Gasteiger partial charge in [0.15, 0.2) is 0 Å². The molecule has 0 heterocycles. The van der Waals surface area contributed by atoms with Crippen molar-refractivity contribution in [2.45, 2.75) is 58.3 Å². The zero-order valence-corrected chi connectivity index (χ0v) is 14.1. The lowest BCUT2D eigenvalue weighted by atomic mass is 9.71. The highest BCUT2D eigenvalue weighted by Gasteiger charge is 2.31. The quantitative estimate of drug-likeness (QED) is 0.636. The highest BCUT2D eigenvalue weighted by atomic mass is 16.3. The molecule has 22 heavy (non-hydrogen) atoms. The van der Waals surface area contributed by atoms with Crippen LogP contribution >= 0.6 is 0 Å². The third-order valence-electron chi connectivity index (χ3n) is 4.87. The van der Waals surface area contributed by atoms with Crippen molar-refractivity contribution in [1.29, 1.82) is 0 Å². The fourth-order valence-electron chi connectivity index (χ4n) is 3.31. The normalized spacial score (nSPS) is 13.8. The van der Waals surface area contributed by atoms with Crippen LogP contribution in [0.15, 0.2) is 48.5 Å². The number of rotatable bonds is 7. The van der Waals surface area contributed by atoms with Gasteiger partial charge in [0.1, 0.15) is 5.75 Å². The first-order valence-electron chi connectivity index (χ1n) is 8.50. The SMILES string of the molecule is CCCCCc1ccccc1C(C)(CC)c1ccccc1O. The molecule has 1 heteroatoms. The maximum absolute atomic E-state index is 10.3. The summed E-state index contributed by atoms with van der Waals surface area (Å²) in [6.45, 7) is 6.69. The summed E-state index contributed by atoms with van der Waals surface area (Å²) in [4.78, 5) is 0. The van der Waals surface area contributed by atoms with Crippen molar-refractivity contribution in [3.05, 3.63) is 65.2 Å². The number of phenols is 1. The van der Waals surface area contributed by atoms with E-state index in [1.54, 1.807) is 6.07 Å². The molecule has 1 atom stereocenters. The van der Waals surface area contributed by atoms with Gasteiger partial charge < -0.3 is 5.11 Å². The minimum Gasteiger partial charge on any atom is -0.508 e. The second-order valence-corrected chi connectivity index (χ2v) is 6.32. The summed E-state index contributed by atoms with van der Waals surface area (Å²) in [6.07, 6.45) is 5.83. The summed E-state index contributed by atoms with van der Waals surface area (Å²) in [7, 11) is 0. The smallest absolute Gasteiger partial charge is 0.119 e. The van der Waals surface area contributed by atoms with Gasteiger partial charge in [-0.05, 0) is 36.5 Å². The molecule has 0 aromatic heterocycles. The molecule has 0 aliphatic heterocycles. The molecule has 0 saturated carbocycles. The van der Waals surface area contributed by atoms with Crippen LogP contribution in [0.5, 0.6) is 5.75 Å². The van der Waals surface area contributed by atoms with Crippen LogP contribution in [0.1, 0.15) is 63.1 Å². The molecule has 0 spiro atoms. The Morgan fingerprint density at radius 3 is 2.14 bits per heavy atom. The van der Waals surface area contributed by atoms with Crippen LogP contribution in [0.2, 0.25) is 0 Å². The molecular weight excluding hydrogens is 268 g/mol. The third-order valence-corrected chi connectivity index (χ3v) is 4.87. The predicted molar refractivity (Wildman–Crippen MR) is 94.5 cm³/mol. The minimum absolute atomic E-state index is 0.145. The van der Waals surface area contributed by atoms with Gasteiger partial charge in [-0.2, -0.15) is 0 Å². The van der Waals surface area contributed by atoms with E-state index < -0.39 is 0 Å². The highest BCUT2D eigenvalue weighted by molar-refractivity contribution is 5.48. The first kappa shape index (κ1) is 16.6. The maximum Gasteiger partial charge on any atom is 0.119 e. The zero-order valence-electron chi connectivity index (χ0n) is 14.1. The van der Waals surface area contributed by atoms with Crippen molar-refractivity contribution < 1.29 is 5.11 Å². The molecule has 0 fully saturated rings. The van der Waals surface area contributed by atoms with Crippen LogP contribution in [0, 0.1) is 0 Å². The molecule has 0 radical (unpaired) electrons. The molecule has 0 bridgehead atoms. The van der Waals surface area contributed by atoms with E-state index >= 15 is 0 Å². The minimum atomic E-state index is -0.145. The summed E-state index contributed by atoms with van der Waals surface area (Å²) in [5, 5.41) is 10.3. The summed E-state index contributed by atoms with van der Waals surface area (Å²) in [5.41, 5.74) is 3.66. The summed E-state index contributed by atoms with van der Waals surface area (Å²) in [6, 6.07) is 16.5. The molecule has 2 rings (SSSR count). The van der Waals surface area contributed by atoms with Crippen molar-refractivity contribution in [2.75, 3.05) is 0 Å². The lowest BCUT2D eigenvalue weighted by Gasteiger charge is -2.32. The van der Waals surface area contributed by atoms with E-state index in [9.17, 15) is 5.11 Å². The summed E-state index contributed by atoms with van der Waals surface area (Å²) >= 11 is 0. The topological polar surface area (TPSA) is 20.2 Å². The van der Waals surface area contributed by atoms with E-state index in [2.05, 4.69) is 51.1 Å². The summed E-state index contributed by atoms with van der Waals surface area (Å²) in [5.74, 6) is 0.398. The van der Waals surface area contributed by atoms with Gasteiger partial charge in [-0.15, -0.1) is 0 Å². The van der Waals surface area contributed by atoms with Gasteiger partial charge in [0.2, 0.25) is 0 Å². The van der Waals surface area contributed by atoms with Crippen molar-refractivity contribution in [3.8, 4) is 5.75 Å². The number of aryl methyl sites for hydroxylation is 1. The number of phenolic OH excluding ortho intramolecular Hbond substituents is 1. The molecule has 0 aliphatic carbocycles. The van der Waals surface area contributed by atoms with Gasteiger partial charge in [-0.1, -0.05) is 76.1 Å². The number of para-hydroxylation sites is 1. The lowest BCUT2D eigenvalue weighted by Crippen LogP contribution is -2.24. The Bertz CT molecular complexity index is 602. The highest BCUT2D eigenvalue weighted by Crippen LogP contribution is 2.41. The number of aromatic hydroxyl groups is 1. The predicted octanol–water partition coefficient (Wildman–Crippen LogP) is 5.84. The Kier molecular flexibility index (Phi) is 5.65. The average Bonchev–Trinajstić information content (AvgIpc) is 2.55.